The first-order chi connectivity index (χ1) is 39.4. The number of carbonyl (C=O) groups is 12. The van der Waals surface area contributed by atoms with Crippen LogP contribution in [0.1, 0.15) is 83.1 Å². The van der Waals surface area contributed by atoms with Gasteiger partial charge in [-0.2, -0.15) is 0 Å². The molecule has 0 radical (unpaired) electrons. The van der Waals surface area contributed by atoms with Crippen molar-refractivity contribution in [3.8, 4) is 0 Å². The lowest BCUT2D eigenvalue weighted by molar-refractivity contribution is -0.328. The summed E-state index contributed by atoms with van der Waals surface area (Å²) in [6.07, 6.45) is -31.0. The van der Waals surface area contributed by atoms with E-state index in [-0.39, 0.29) is 11.5 Å². The zero-order valence-electron chi connectivity index (χ0n) is 48.3. The Kier molecular flexibility index (Phi) is 27.8. The van der Waals surface area contributed by atoms with Gasteiger partial charge in [-0.3, -0.25) is 57.5 Å². The fourth-order valence-corrected chi connectivity index (χ4v) is 11.6. The molecule has 0 amide bonds. The van der Waals surface area contributed by atoms with Gasteiger partial charge in [-0.1, -0.05) is 21.6 Å². The van der Waals surface area contributed by atoms with E-state index in [9.17, 15) is 57.5 Å². The number of methoxy groups -OCH3 is 2. The van der Waals surface area contributed by atoms with E-state index in [1.54, 1.807) is 0 Å². The minimum Gasteiger partial charge on any atom is -0.456 e. The molecule has 0 N–H and O–H groups in total. The molecule has 32 nitrogen and oxygen atoms in total. The number of carbonyl (C=O) groups excluding carboxylic acids is 12. The van der Waals surface area contributed by atoms with Crippen LogP contribution in [-0.4, -0.2) is 233 Å². The number of esters is 12. The third-order valence-corrected chi connectivity index (χ3v) is 14.3. The second-order valence-electron chi connectivity index (χ2n) is 18.8. The number of hydrogen-bond donors (Lipinski definition) is 0. The maximum Gasteiger partial charge on any atom is 0.303 e. The molecule has 84 heavy (non-hydrogen) atoms. The Morgan fingerprint density at radius 1 is 0.262 bits per heavy atom. The van der Waals surface area contributed by atoms with Gasteiger partial charge < -0.3 is 94.7 Å². The van der Waals surface area contributed by atoms with Crippen LogP contribution in [0.15, 0.2) is 0 Å². The van der Waals surface area contributed by atoms with E-state index in [2.05, 4.69) is 0 Å². The van der Waals surface area contributed by atoms with Crippen molar-refractivity contribution in [3.63, 3.8) is 0 Å². The summed E-state index contributed by atoms with van der Waals surface area (Å²) in [6.45, 7) is 11.1. The first kappa shape index (κ1) is 70.5. The molecule has 474 valence electrons. The Balaban J connectivity index is 1.71. The molecule has 4 heterocycles. The molecule has 0 saturated carbocycles. The lowest BCUT2D eigenvalue weighted by Crippen LogP contribution is -2.64. The van der Waals surface area contributed by atoms with Gasteiger partial charge in [-0.15, -0.1) is 0 Å². The lowest BCUT2D eigenvalue weighted by Gasteiger charge is -2.46. The molecule has 4 rings (SSSR count). The highest BCUT2D eigenvalue weighted by Gasteiger charge is 2.58. The Bertz CT molecular complexity index is 2190. The summed E-state index contributed by atoms with van der Waals surface area (Å²) in [7, 11) is 4.33. The van der Waals surface area contributed by atoms with E-state index in [0.29, 0.717) is 0 Å². The molecule has 0 unspecified atom stereocenters. The van der Waals surface area contributed by atoms with Crippen LogP contribution in [0.3, 0.4) is 0 Å². The van der Waals surface area contributed by atoms with Crippen molar-refractivity contribution in [2.45, 2.75) is 206 Å². The van der Waals surface area contributed by atoms with E-state index in [1.807, 2.05) is 0 Å². The summed E-state index contributed by atoms with van der Waals surface area (Å²) < 4.78 is 115. The normalized spacial score (nSPS) is 32.8. The predicted molar refractivity (Wildman–Crippen MR) is 272 cm³/mol. The molecule has 0 bridgehead atoms. The highest BCUT2D eigenvalue weighted by Crippen LogP contribution is 2.39. The van der Waals surface area contributed by atoms with Crippen molar-refractivity contribution in [2.24, 2.45) is 0 Å². The molecule has 0 spiro atoms. The van der Waals surface area contributed by atoms with Crippen LogP contribution in [0, 0.1) is 0 Å². The maximum atomic E-state index is 12.8. The smallest absolute Gasteiger partial charge is 0.303 e. The van der Waals surface area contributed by atoms with E-state index in [0.717, 1.165) is 105 Å². The Morgan fingerprint density at radius 2 is 0.440 bits per heavy atom. The Morgan fingerprint density at radius 3 is 0.655 bits per heavy atom. The van der Waals surface area contributed by atoms with Gasteiger partial charge in [0.15, 0.2) is 98.4 Å². The van der Waals surface area contributed by atoms with Crippen molar-refractivity contribution >= 4 is 93.2 Å². The van der Waals surface area contributed by atoms with Crippen LogP contribution < -0.4 is 0 Å². The molecule has 4 aliphatic heterocycles. The Labute approximate surface area is 488 Å². The molecular formula is C50H70O32S2. The highest BCUT2D eigenvalue weighted by molar-refractivity contribution is 8.76. The van der Waals surface area contributed by atoms with Crippen molar-refractivity contribution in [2.75, 3.05) is 38.9 Å². The minimum absolute atomic E-state index is 0.225. The summed E-state index contributed by atoms with van der Waals surface area (Å²) in [5.41, 5.74) is 0. The van der Waals surface area contributed by atoms with Gasteiger partial charge in [0.05, 0.1) is 13.2 Å². The first-order valence-corrected chi connectivity index (χ1v) is 28.1. The average molecular weight is 1250 g/mol. The molecule has 0 aromatic rings. The summed E-state index contributed by atoms with van der Waals surface area (Å²) in [6, 6.07) is 0. The average Bonchev–Trinajstić information content (AvgIpc) is 1.86. The van der Waals surface area contributed by atoms with Crippen LogP contribution in [0.4, 0.5) is 0 Å². The van der Waals surface area contributed by atoms with Crippen LogP contribution in [-0.2, 0) is 152 Å². The molecule has 4 aliphatic rings. The van der Waals surface area contributed by atoms with Gasteiger partial charge in [0.25, 0.3) is 0 Å². The molecule has 0 aromatic heterocycles. The lowest BCUT2D eigenvalue weighted by atomic mass is 9.97. The van der Waals surface area contributed by atoms with Crippen molar-refractivity contribution in [3.05, 3.63) is 0 Å². The third kappa shape index (κ3) is 20.9. The van der Waals surface area contributed by atoms with Gasteiger partial charge in [-0.25, -0.2) is 0 Å². The monoisotopic (exact) mass is 1250 g/mol. The zero-order valence-corrected chi connectivity index (χ0v) is 49.9. The molecular weight excluding hydrogens is 1180 g/mol. The Hall–Kier alpha value is -5.98. The summed E-state index contributed by atoms with van der Waals surface area (Å²) >= 11 is 0. The van der Waals surface area contributed by atoms with Crippen molar-refractivity contribution in [1.29, 1.82) is 0 Å². The van der Waals surface area contributed by atoms with E-state index >= 15 is 0 Å². The topological polar surface area (TPSA) is 389 Å². The van der Waals surface area contributed by atoms with Crippen LogP contribution >= 0.6 is 21.6 Å². The van der Waals surface area contributed by atoms with Gasteiger partial charge in [-0.05, 0) is 0 Å². The number of ether oxygens (including phenoxy) is 20. The van der Waals surface area contributed by atoms with Crippen LogP contribution in [0.2, 0.25) is 0 Å². The van der Waals surface area contributed by atoms with Gasteiger partial charge in [0, 0.05) is 109 Å². The van der Waals surface area contributed by atoms with Gasteiger partial charge >= 0.3 is 71.6 Å². The fourth-order valence-electron chi connectivity index (χ4n) is 9.21. The second kappa shape index (κ2) is 33.1. The zero-order chi connectivity index (χ0) is 62.9. The van der Waals surface area contributed by atoms with Crippen LogP contribution in [0.25, 0.3) is 0 Å². The number of rotatable bonds is 25. The van der Waals surface area contributed by atoms with E-state index in [4.69, 9.17) is 94.7 Å². The standard InChI is InChI=1S/C50H70O32S2/c1-19(51)67-35-31(79-47(63-13)43(75-27(9)59)39(35)71-23(5)55)15-65-49-45(77-29(11)61)41(73-25(7)57)37(69-21(3)53)33(81-49)17-83-84-18-34-38(70-22(4)54)42(74-26(8)58)46(78-30(12)62)50(82-34)66-16-32-36(68-20(2)52)40(72-24(6)56)44(76-28(10)60)48(64-14)80-32/h31-50H,15-18H2,1-14H3/t31-,32-,33-,34-,35+,36+,37-,38-,39+,40+,41+,42+,43-,44-,45-,46-,47+,48+,49-,50-/m1/s1. The third-order valence-electron chi connectivity index (χ3n) is 11.9. The molecule has 4 saturated heterocycles. The highest BCUT2D eigenvalue weighted by atomic mass is 33.1. The minimum atomic E-state index is -1.75. The summed E-state index contributed by atoms with van der Waals surface area (Å²) in [4.78, 5) is 151. The maximum absolute atomic E-state index is 12.8. The molecule has 0 aliphatic carbocycles. The fraction of sp³-hybridized carbons (Fsp3) is 0.760. The second-order valence-corrected chi connectivity index (χ2v) is 21.3. The van der Waals surface area contributed by atoms with E-state index < -0.39 is 208 Å². The summed E-state index contributed by atoms with van der Waals surface area (Å²) in [5, 5.41) is 0. The van der Waals surface area contributed by atoms with Crippen LogP contribution in [0.5, 0.6) is 0 Å². The summed E-state index contributed by atoms with van der Waals surface area (Å²) in [5.74, 6) is -11.3. The molecule has 0 aromatic carbocycles. The molecule has 20 atom stereocenters. The predicted octanol–water partition coefficient (Wildman–Crippen LogP) is -0.226. The SMILES string of the molecule is CO[C@H]1O[C@H](CO[C@@H]2O[C@H](CSSC[C@H]3O[C@@H](OC[C@H]4O[C@H](OC)[C@H](OC(C)=O)[C@@H](OC(C)=O)[C@H]4OC(C)=O)[C@H](OC(C)=O)[C@@H](OC(C)=O)[C@@H]3OC(C)=O)[C@@H](OC(C)=O)[C@H](OC(C)=O)[C@H]2OC(C)=O)[C@H](OC(C)=O)[C@H](OC(C)=O)[C@H]1OC(C)=O. The van der Waals surface area contributed by atoms with Gasteiger partial charge in [0.2, 0.25) is 0 Å². The van der Waals surface area contributed by atoms with E-state index in [1.165, 1.54) is 14.2 Å². The number of hydrogen-bond acceptors (Lipinski definition) is 34. The van der Waals surface area contributed by atoms with Crippen molar-refractivity contribution < 1.29 is 152 Å². The van der Waals surface area contributed by atoms with Gasteiger partial charge in [0.1, 0.15) is 24.4 Å². The van der Waals surface area contributed by atoms with Crippen molar-refractivity contribution in [1.82, 2.24) is 0 Å². The quantitative estimate of drug-likeness (QED) is 0.0493. The molecule has 34 heteroatoms. The largest absolute Gasteiger partial charge is 0.456 e. The first-order valence-electron chi connectivity index (χ1n) is 25.7. The molecule has 4 fully saturated rings.